The number of nitrogens with one attached hydrogen (secondary N) is 1. The van der Waals surface area contributed by atoms with Crippen molar-refractivity contribution < 1.29 is 23.2 Å². The summed E-state index contributed by atoms with van der Waals surface area (Å²) in [4.78, 5) is 17.5. The van der Waals surface area contributed by atoms with Gasteiger partial charge in [-0.1, -0.05) is 11.0 Å². The average Bonchev–Trinajstić information content (AvgIpc) is 2.78. The fraction of sp³-hybridized carbons (Fsp3) is 0.308. The molecule has 0 atom stereocenters. The van der Waals surface area contributed by atoms with Crippen molar-refractivity contribution in [2.75, 3.05) is 0 Å². The molecule has 1 aromatic heterocycles. The van der Waals surface area contributed by atoms with E-state index < -0.39 is 21.6 Å². The first-order chi connectivity index (χ1) is 9.63. The molecule has 0 aliphatic heterocycles. The number of carbonyl (C=O) groups is 1. The summed E-state index contributed by atoms with van der Waals surface area (Å²) in [6.07, 6.45) is 1.82. The van der Waals surface area contributed by atoms with Gasteiger partial charge in [0.2, 0.25) is 0 Å². The number of hydrogen-bond donors (Lipinski definition) is 2. The highest BCUT2D eigenvalue weighted by Crippen LogP contribution is 2.20. The van der Waals surface area contributed by atoms with E-state index in [4.69, 9.17) is 9.94 Å². The molecule has 0 radical (unpaired) electrons. The van der Waals surface area contributed by atoms with Crippen LogP contribution >= 0.6 is 0 Å². The summed E-state index contributed by atoms with van der Waals surface area (Å²) < 4.78 is 26.1. The fourth-order valence-electron chi connectivity index (χ4n) is 1.66. The SMILES string of the molecule is Cn1ccc2ccc(S(=O)(=O)NOC(C)(C)C(=O)O)cc21. The molecule has 0 fully saturated rings. The molecule has 0 unspecified atom stereocenters. The van der Waals surface area contributed by atoms with Crippen molar-refractivity contribution in [3.8, 4) is 0 Å². The van der Waals surface area contributed by atoms with Crippen molar-refractivity contribution in [1.29, 1.82) is 0 Å². The minimum Gasteiger partial charge on any atom is -0.479 e. The molecule has 114 valence electrons. The van der Waals surface area contributed by atoms with Crippen LogP contribution in [-0.2, 0) is 26.7 Å². The number of nitrogens with zero attached hydrogens (tertiary/aromatic N) is 1. The molecule has 0 bridgehead atoms. The molecule has 2 N–H and O–H groups in total. The number of hydrogen-bond acceptors (Lipinski definition) is 4. The van der Waals surface area contributed by atoms with Gasteiger partial charge in [-0.15, -0.1) is 0 Å². The Balaban J connectivity index is 2.29. The van der Waals surface area contributed by atoms with Crippen molar-refractivity contribution in [3.63, 3.8) is 0 Å². The van der Waals surface area contributed by atoms with E-state index >= 15 is 0 Å². The maximum atomic E-state index is 12.1. The third-order valence-electron chi connectivity index (χ3n) is 3.09. The predicted molar refractivity (Wildman–Crippen MR) is 76.0 cm³/mol. The predicted octanol–water partition coefficient (Wildman–Crippen LogP) is 1.25. The van der Waals surface area contributed by atoms with Crippen LogP contribution in [0.3, 0.4) is 0 Å². The molecule has 2 rings (SSSR count). The monoisotopic (exact) mass is 312 g/mol. The van der Waals surface area contributed by atoms with Crippen LogP contribution in [0.15, 0.2) is 35.4 Å². The quantitative estimate of drug-likeness (QED) is 0.810. The van der Waals surface area contributed by atoms with Crippen LogP contribution in [0.4, 0.5) is 0 Å². The summed E-state index contributed by atoms with van der Waals surface area (Å²) >= 11 is 0. The smallest absolute Gasteiger partial charge is 0.337 e. The number of carboxylic acid groups (broad SMARTS) is 1. The molecular weight excluding hydrogens is 296 g/mol. The summed E-state index contributed by atoms with van der Waals surface area (Å²) in [6, 6.07) is 6.46. The second-order valence-electron chi connectivity index (χ2n) is 5.15. The normalized spacial score (nSPS) is 12.7. The van der Waals surface area contributed by atoms with Crippen molar-refractivity contribution in [2.45, 2.75) is 24.3 Å². The van der Waals surface area contributed by atoms with E-state index in [9.17, 15) is 13.2 Å². The Morgan fingerprint density at radius 2 is 2.00 bits per heavy atom. The topological polar surface area (TPSA) is 97.6 Å². The number of aliphatic carboxylic acids is 1. The van der Waals surface area contributed by atoms with Crippen LogP contribution in [-0.4, -0.2) is 29.7 Å². The van der Waals surface area contributed by atoms with Gasteiger partial charge in [-0.2, -0.15) is 0 Å². The molecule has 7 nitrogen and oxygen atoms in total. The van der Waals surface area contributed by atoms with Crippen LogP contribution in [0.1, 0.15) is 13.8 Å². The lowest BCUT2D eigenvalue weighted by Crippen LogP contribution is -2.41. The highest BCUT2D eigenvalue weighted by Gasteiger charge is 2.31. The Morgan fingerprint density at radius 1 is 1.33 bits per heavy atom. The van der Waals surface area contributed by atoms with E-state index in [0.29, 0.717) is 0 Å². The summed E-state index contributed by atoms with van der Waals surface area (Å²) in [5.41, 5.74) is -0.919. The lowest BCUT2D eigenvalue weighted by molar-refractivity contribution is -0.165. The van der Waals surface area contributed by atoms with E-state index in [1.165, 1.54) is 26.0 Å². The number of fused-ring (bicyclic) bond motifs is 1. The summed E-state index contributed by atoms with van der Waals surface area (Å²) in [5.74, 6) is -1.27. The van der Waals surface area contributed by atoms with E-state index in [0.717, 1.165) is 10.9 Å². The molecule has 0 aliphatic carbocycles. The Kier molecular flexibility index (Phi) is 3.79. The molecule has 2 aromatic rings. The average molecular weight is 312 g/mol. The number of sulfonamides is 1. The molecule has 1 aromatic carbocycles. The second kappa shape index (κ2) is 5.14. The summed E-state index contributed by atoms with van der Waals surface area (Å²) in [7, 11) is -2.16. The molecule has 1 heterocycles. The van der Waals surface area contributed by atoms with Gasteiger partial charge in [0, 0.05) is 18.8 Å². The number of aromatic nitrogens is 1. The van der Waals surface area contributed by atoms with Crippen LogP contribution in [0.25, 0.3) is 10.9 Å². The van der Waals surface area contributed by atoms with Gasteiger partial charge in [-0.25, -0.2) is 13.2 Å². The largest absolute Gasteiger partial charge is 0.479 e. The van der Waals surface area contributed by atoms with E-state index in [2.05, 4.69) is 0 Å². The maximum Gasteiger partial charge on any atom is 0.337 e. The molecule has 0 amide bonds. The number of rotatable bonds is 5. The van der Waals surface area contributed by atoms with Gasteiger partial charge in [0.05, 0.1) is 4.90 Å². The number of benzene rings is 1. The molecule has 21 heavy (non-hydrogen) atoms. The lowest BCUT2D eigenvalue weighted by atomic mass is 10.1. The van der Waals surface area contributed by atoms with Crippen LogP contribution < -0.4 is 4.89 Å². The summed E-state index contributed by atoms with van der Waals surface area (Å²) in [5, 5.41) is 9.80. The third-order valence-corrected chi connectivity index (χ3v) is 4.27. The second-order valence-corrected chi connectivity index (χ2v) is 6.80. The Hall–Kier alpha value is -1.90. The van der Waals surface area contributed by atoms with Crippen molar-refractivity contribution in [2.24, 2.45) is 7.05 Å². The van der Waals surface area contributed by atoms with Gasteiger partial charge in [0.1, 0.15) is 0 Å². The molecule has 8 heteroatoms. The zero-order valence-corrected chi connectivity index (χ0v) is 12.6. The molecule has 0 aliphatic rings. The zero-order chi connectivity index (χ0) is 15.8. The fourth-order valence-corrected chi connectivity index (χ4v) is 2.59. The standard InChI is InChI=1S/C13H16N2O5S/c1-13(2,12(16)17)20-14-21(18,19)10-5-4-9-6-7-15(3)11(9)8-10/h4-8,14H,1-3H3,(H,16,17). The molecular formula is C13H16N2O5S. The molecule has 0 spiro atoms. The van der Waals surface area contributed by atoms with Gasteiger partial charge < -0.3 is 9.67 Å². The van der Waals surface area contributed by atoms with E-state index in [1.54, 1.807) is 17.7 Å². The van der Waals surface area contributed by atoms with Gasteiger partial charge in [0.15, 0.2) is 5.60 Å². The van der Waals surface area contributed by atoms with Crippen molar-refractivity contribution in [1.82, 2.24) is 9.45 Å². The lowest BCUT2D eigenvalue weighted by Gasteiger charge is -2.19. The highest BCUT2D eigenvalue weighted by molar-refractivity contribution is 7.89. The molecule has 0 saturated carbocycles. The first kappa shape index (κ1) is 15.5. The van der Waals surface area contributed by atoms with Gasteiger partial charge in [-0.3, -0.25) is 4.84 Å². The first-order valence-electron chi connectivity index (χ1n) is 6.12. The van der Waals surface area contributed by atoms with E-state index in [1.807, 2.05) is 17.1 Å². The van der Waals surface area contributed by atoms with Crippen LogP contribution in [0.5, 0.6) is 0 Å². The van der Waals surface area contributed by atoms with Crippen LogP contribution in [0.2, 0.25) is 0 Å². The van der Waals surface area contributed by atoms with Crippen molar-refractivity contribution >= 4 is 26.9 Å². The Morgan fingerprint density at radius 3 is 2.62 bits per heavy atom. The van der Waals surface area contributed by atoms with Gasteiger partial charge in [-0.05, 0) is 37.4 Å². The minimum absolute atomic E-state index is 0.00186. The molecule has 0 saturated heterocycles. The number of carboxylic acids is 1. The summed E-state index contributed by atoms with van der Waals surface area (Å²) in [6.45, 7) is 2.50. The zero-order valence-electron chi connectivity index (χ0n) is 11.8. The van der Waals surface area contributed by atoms with Gasteiger partial charge in [0.25, 0.3) is 10.0 Å². The number of aryl methyl sites for hydroxylation is 1. The van der Waals surface area contributed by atoms with Gasteiger partial charge >= 0.3 is 5.97 Å². The highest BCUT2D eigenvalue weighted by atomic mass is 32.2. The first-order valence-corrected chi connectivity index (χ1v) is 7.60. The third kappa shape index (κ3) is 3.07. The minimum atomic E-state index is -3.96. The van der Waals surface area contributed by atoms with Crippen molar-refractivity contribution in [3.05, 3.63) is 30.5 Å². The van der Waals surface area contributed by atoms with Crippen LogP contribution in [0, 0.1) is 0 Å². The Bertz CT molecular complexity index is 792. The maximum absolute atomic E-state index is 12.1. The van der Waals surface area contributed by atoms with E-state index in [-0.39, 0.29) is 4.90 Å². The Labute approximate surface area is 122 Å².